The van der Waals surface area contributed by atoms with Crippen LogP contribution in [0.3, 0.4) is 0 Å². The van der Waals surface area contributed by atoms with Gasteiger partial charge in [-0.2, -0.15) is 0 Å². The number of cyclic esters (lactones) is 1. The first-order valence-corrected chi connectivity index (χ1v) is 8.91. The molecule has 26 heavy (non-hydrogen) atoms. The van der Waals surface area contributed by atoms with Gasteiger partial charge in [-0.3, -0.25) is 4.79 Å². The van der Waals surface area contributed by atoms with Crippen LogP contribution in [-0.4, -0.2) is 66.0 Å². The first-order chi connectivity index (χ1) is 12.1. The highest BCUT2D eigenvalue weighted by Gasteiger charge is 2.57. The van der Waals surface area contributed by atoms with Crippen LogP contribution in [0.5, 0.6) is 0 Å². The molecule has 0 N–H and O–H groups in total. The summed E-state index contributed by atoms with van der Waals surface area (Å²) in [6, 6.07) is -0.635. The maximum absolute atomic E-state index is 12.6. The summed E-state index contributed by atoms with van der Waals surface area (Å²) in [7, 11) is 0. The zero-order valence-corrected chi connectivity index (χ0v) is 15.7. The molecule has 0 aromatic carbocycles. The van der Waals surface area contributed by atoms with E-state index in [1.165, 1.54) is 0 Å². The Kier molecular flexibility index (Phi) is 5.13. The second-order valence-electron chi connectivity index (χ2n) is 7.66. The normalized spacial score (nSPS) is 35.5. The van der Waals surface area contributed by atoms with Crippen LogP contribution < -0.4 is 0 Å². The summed E-state index contributed by atoms with van der Waals surface area (Å²) in [5, 5.41) is 0. The van der Waals surface area contributed by atoms with Gasteiger partial charge in [0, 0.05) is 6.42 Å². The van der Waals surface area contributed by atoms with E-state index in [1.807, 2.05) is 0 Å². The molecule has 2 amide bonds. The molecule has 4 atom stereocenters. The molecule has 8 heteroatoms. The molecule has 0 aromatic rings. The third kappa shape index (κ3) is 3.78. The van der Waals surface area contributed by atoms with Gasteiger partial charge >= 0.3 is 6.09 Å². The minimum Gasteiger partial charge on any atom is -0.441 e. The Hall–Kier alpha value is -1.48. The van der Waals surface area contributed by atoms with Crippen LogP contribution in [0.2, 0.25) is 0 Å². The first kappa shape index (κ1) is 19.3. The van der Waals surface area contributed by atoms with E-state index >= 15 is 0 Å². The molecule has 0 bridgehead atoms. The molecular weight excluding hydrogens is 342 g/mol. The van der Waals surface area contributed by atoms with Crippen molar-refractivity contribution in [3.8, 4) is 0 Å². The molecule has 3 rings (SSSR count). The highest BCUT2D eigenvalue weighted by Crippen LogP contribution is 2.37. The Morgan fingerprint density at radius 3 is 2.23 bits per heavy atom. The van der Waals surface area contributed by atoms with Crippen LogP contribution in [0.15, 0.2) is 12.7 Å². The van der Waals surface area contributed by atoms with Crippen molar-refractivity contribution < 1.29 is 33.3 Å². The number of rotatable bonds is 5. The molecule has 146 valence electrons. The van der Waals surface area contributed by atoms with E-state index in [0.717, 1.165) is 4.90 Å². The molecule has 0 radical (unpaired) electrons. The maximum atomic E-state index is 12.6. The van der Waals surface area contributed by atoms with E-state index in [1.54, 1.807) is 33.8 Å². The second-order valence-corrected chi connectivity index (χ2v) is 7.66. The zero-order valence-electron chi connectivity index (χ0n) is 15.7. The fraction of sp³-hybridized carbons (Fsp3) is 0.778. The summed E-state index contributed by atoms with van der Waals surface area (Å²) in [6.07, 6.45) is -0.0591. The van der Waals surface area contributed by atoms with Gasteiger partial charge in [-0.15, -0.1) is 6.58 Å². The lowest BCUT2D eigenvalue weighted by Crippen LogP contribution is -2.53. The molecule has 0 saturated carbocycles. The third-order valence-electron chi connectivity index (χ3n) is 4.71. The standard InChI is InChI=1S/C18H27NO7/c1-6-7-8-13(20)19-14(11-9-22-17(2,3)25-11)15(24-16(19)21)12-10-23-18(4,5)26-12/h6,11-12,14-15H,1,7-10H2,2-5H3/t11?,12?,14-,15+/m0/s1. The fourth-order valence-electron chi connectivity index (χ4n) is 3.56. The summed E-state index contributed by atoms with van der Waals surface area (Å²) in [4.78, 5) is 26.3. The smallest absolute Gasteiger partial charge is 0.417 e. The fourth-order valence-corrected chi connectivity index (χ4v) is 3.56. The van der Waals surface area contributed by atoms with Crippen molar-refractivity contribution in [3.63, 3.8) is 0 Å². The number of carbonyl (C=O) groups is 2. The number of hydrogen-bond acceptors (Lipinski definition) is 7. The van der Waals surface area contributed by atoms with Gasteiger partial charge in [0.25, 0.3) is 0 Å². The molecule has 0 aliphatic carbocycles. The first-order valence-electron chi connectivity index (χ1n) is 8.91. The van der Waals surface area contributed by atoms with Crippen LogP contribution in [0.1, 0.15) is 40.5 Å². The minimum absolute atomic E-state index is 0.173. The summed E-state index contributed by atoms with van der Waals surface area (Å²) >= 11 is 0. The molecule has 0 aromatic heterocycles. The highest BCUT2D eigenvalue weighted by molar-refractivity contribution is 5.94. The number of allylic oxidation sites excluding steroid dienone is 1. The van der Waals surface area contributed by atoms with Crippen LogP contribution in [0.25, 0.3) is 0 Å². The number of ether oxygens (including phenoxy) is 5. The van der Waals surface area contributed by atoms with E-state index in [4.69, 9.17) is 23.7 Å². The van der Waals surface area contributed by atoms with Crippen LogP contribution in [-0.2, 0) is 28.5 Å². The second kappa shape index (κ2) is 6.92. The highest BCUT2D eigenvalue weighted by atomic mass is 16.8. The number of nitrogens with zero attached hydrogens (tertiary/aromatic N) is 1. The lowest BCUT2D eigenvalue weighted by molar-refractivity contribution is -0.163. The summed E-state index contributed by atoms with van der Waals surface area (Å²) in [5.41, 5.74) is 0. The Morgan fingerprint density at radius 1 is 1.15 bits per heavy atom. The van der Waals surface area contributed by atoms with Gasteiger partial charge in [0.05, 0.1) is 13.2 Å². The Morgan fingerprint density at radius 2 is 1.73 bits per heavy atom. The van der Waals surface area contributed by atoms with Gasteiger partial charge in [0.1, 0.15) is 18.2 Å². The van der Waals surface area contributed by atoms with Gasteiger partial charge in [0.15, 0.2) is 17.7 Å². The summed E-state index contributed by atoms with van der Waals surface area (Å²) in [6.45, 7) is 11.3. The van der Waals surface area contributed by atoms with E-state index in [-0.39, 0.29) is 25.5 Å². The minimum atomic E-state index is -0.789. The molecule has 3 heterocycles. The summed E-state index contributed by atoms with van der Waals surface area (Å²) in [5.74, 6) is -1.88. The van der Waals surface area contributed by atoms with E-state index in [2.05, 4.69) is 6.58 Å². The van der Waals surface area contributed by atoms with Crippen molar-refractivity contribution in [1.29, 1.82) is 0 Å². The number of imide groups is 1. The largest absolute Gasteiger partial charge is 0.441 e. The molecule has 3 aliphatic rings. The SMILES string of the molecule is C=CCCC(=O)N1C(=O)O[C@H](C2COC(C)(C)O2)[C@@H]1C1COC(C)(C)O1. The number of carbonyl (C=O) groups excluding carboxylic acids is 2. The molecule has 0 spiro atoms. The van der Waals surface area contributed by atoms with Gasteiger partial charge in [-0.1, -0.05) is 6.08 Å². The van der Waals surface area contributed by atoms with Gasteiger partial charge in [-0.25, -0.2) is 9.69 Å². The van der Waals surface area contributed by atoms with Crippen molar-refractivity contribution in [2.75, 3.05) is 13.2 Å². The number of hydrogen-bond donors (Lipinski definition) is 0. The van der Waals surface area contributed by atoms with Crippen LogP contribution >= 0.6 is 0 Å². The zero-order chi connectivity index (χ0) is 19.1. The molecule has 8 nitrogen and oxygen atoms in total. The molecule has 3 saturated heterocycles. The van der Waals surface area contributed by atoms with Crippen molar-refractivity contribution in [2.45, 2.75) is 76.5 Å². The van der Waals surface area contributed by atoms with Gasteiger partial charge < -0.3 is 23.7 Å². The summed E-state index contributed by atoms with van der Waals surface area (Å²) < 4.78 is 28.6. The Balaban J connectivity index is 1.85. The van der Waals surface area contributed by atoms with E-state index in [9.17, 15) is 9.59 Å². The predicted molar refractivity (Wildman–Crippen MR) is 90.1 cm³/mol. The topological polar surface area (TPSA) is 83.5 Å². The Labute approximate surface area is 153 Å². The van der Waals surface area contributed by atoms with Gasteiger partial charge in [0.2, 0.25) is 5.91 Å². The van der Waals surface area contributed by atoms with E-state index < -0.39 is 42.0 Å². The molecule has 2 unspecified atom stereocenters. The van der Waals surface area contributed by atoms with Crippen molar-refractivity contribution in [1.82, 2.24) is 4.90 Å². The molecule has 3 fully saturated rings. The van der Waals surface area contributed by atoms with Gasteiger partial charge in [-0.05, 0) is 34.1 Å². The van der Waals surface area contributed by atoms with Crippen molar-refractivity contribution in [3.05, 3.63) is 12.7 Å². The molecular formula is C18H27NO7. The number of amides is 2. The molecule has 3 aliphatic heterocycles. The van der Waals surface area contributed by atoms with Crippen LogP contribution in [0.4, 0.5) is 4.79 Å². The predicted octanol–water partition coefficient (Wildman–Crippen LogP) is 1.97. The Bertz CT molecular complexity index is 588. The lowest BCUT2D eigenvalue weighted by Gasteiger charge is -2.30. The average Bonchev–Trinajstić information content (AvgIpc) is 3.19. The third-order valence-corrected chi connectivity index (χ3v) is 4.71. The van der Waals surface area contributed by atoms with Crippen LogP contribution in [0, 0.1) is 0 Å². The monoisotopic (exact) mass is 369 g/mol. The average molecular weight is 369 g/mol. The maximum Gasteiger partial charge on any atom is 0.417 e. The van der Waals surface area contributed by atoms with Crippen molar-refractivity contribution >= 4 is 12.0 Å². The van der Waals surface area contributed by atoms with Crippen molar-refractivity contribution in [2.24, 2.45) is 0 Å². The lowest BCUT2D eigenvalue weighted by atomic mass is 9.99. The van der Waals surface area contributed by atoms with E-state index in [0.29, 0.717) is 6.42 Å². The quantitative estimate of drug-likeness (QED) is 0.685.